The minimum atomic E-state index is -0.632. The fourth-order valence-electron chi connectivity index (χ4n) is 3.51. The number of hydrogen-bond acceptors (Lipinski definition) is 7. The maximum atomic E-state index is 14.0. The van der Waals surface area contributed by atoms with E-state index in [-0.39, 0.29) is 5.95 Å². The number of aromatic amines is 1. The summed E-state index contributed by atoms with van der Waals surface area (Å²) in [5.41, 5.74) is 7.19. The number of ether oxygens (including phenoxy) is 1. The highest BCUT2D eigenvalue weighted by molar-refractivity contribution is 5.58. The Morgan fingerprint density at radius 1 is 1.10 bits per heavy atom. The zero-order valence-corrected chi connectivity index (χ0v) is 16.5. The lowest BCUT2D eigenvalue weighted by atomic mass is 9.97. The molecule has 158 valence electrons. The number of aromatic nitrogens is 4. The third-order valence-corrected chi connectivity index (χ3v) is 5.05. The van der Waals surface area contributed by atoms with Gasteiger partial charge in [0.2, 0.25) is 5.95 Å². The second-order valence-electron chi connectivity index (χ2n) is 7.25. The minimum Gasteiger partial charge on any atom is -0.381 e. The van der Waals surface area contributed by atoms with E-state index < -0.39 is 17.7 Å². The number of nitrogens with one attached hydrogen (secondary N) is 3. The van der Waals surface area contributed by atoms with E-state index >= 15 is 0 Å². The van der Waals surface area contributed by atoms with Crippen molar-refractivity contribution in [2.75, 3.05) is 29.6 Å². The van der Waals surface area contributed by atoms with Gasteiger partial charge in [0, 0.05) is 48.6 Å². The second kappa shape index (κ2) is 8.62. The predicted molar refractivity (Wildman–Crippen MR) is 110 cm³/mol. The summed E-state index contributed by atoms with van der Waals surface area (Å²) in [6.07, 6.45) is 1.90. The van der Waals surface area contributed by atoms with Gasteiger partial charge in [0.25, 0.3) is 0 Å². The van der Waals surface area contributed by atoms with Crippen LogP contribution in [-0.2, 0) is 4.74 Å². The quantitative estimate of drug-likeness (QED) is 0.483. The average Bonchev–Trinajstić information content (AvgIpc) is 3.16. The van der Waals surface area contributed by atoms with Crippen molar-refractivity contribution in [3.05, 3.63) is 53.2 Å². The zero-order valence-electron chi connectivity index (χ0n) is 16.5. The Balaban J connectivity index is 1.47. The summed E-state index contributed by atoms with van der Waals surface area (Å²) < 4.78 is 32.6. The molecule has 1 unspecified atom stereocenters. The zero-order chi connectivity index (χ0) is 21.1. The number of hydrogen-bond donors (Lipinski definition) is 4. The van der Waals surface area contributed by atoms with E-state index in [1.165, 1.54) is 12.1 Å². The van der Waals surface area contributed by atoms with E-state index in [9.17, 15) is 8.78 Å². The second-order valence-corrected chi connectivity index (χ2v) is 7.25. The molecule has 0 saturated carbocycles. The Labute approximate surface area is 172 Å². The average molecular weight is 415 g/mol. The van der Waals surface area contributed by atoms with Gasteiger partial charge in [-0.1, -0.05) is 6.07 Å². The third kappa shape index (κ3) is 4.65. The first kappa shape index (κ1) is 20.0. The van der Waals surface area contributed by atoms with Crippen molar-refractivity contribution in [1.82, 2.24) is 20.2 Å². The molecule has 5 N–H and O–H groups in total. The number of H-pyrrole nitrogens is 1. The molecule has 1 fully saturated rings. The molecule has 4 rings (SSSR count). The topological polar surface area (TPSA) is 114 Å². The van der Waals surface area contributed by atoms with E-state index in [1.54, 1.807) is 13.0 Å². The number of nitrogens with zero attached hydrogens (tertiary/aromatic N) is 3. The highest BCUT2D eigenvalue weighted by Gasteiger charge is 2.18. The minimum absolute atomic E-state index is 0.0504. The number of anilines is 4. The van der Waals surface area contributed by atoms with Crippen molar-refractivity contribution in [3.8, 4) is 0 Å². The van der Waals surface area contributed by atoms with Gasteiger partial charge in [0.05, 0.1) is 6.04 Å². The van der Waals surface area contributed by atoms with Crippen LogP contribution in [-0.4, -0.2) is 33.4 Å². The van der Waals surface area contributed by atoms with E-state index in [4.69, 9.17) is 10.5 Å². The molecular formula is C20H23F2N7O. The van der Waals surface area contributed by atoms with Crippen LogP contribution in [0.15, 0.2) is 30.3 Å². The number of rotatable bonds is 6. The SMILES string of the molecule is CC(Nc1cc(Nc2cc(C3CCOCC3)[nH]n2)nc(N)n1)c1ccc(F)cc1F. The van der Waals surface area contributed by atoms with Crippen LogP contribution in [0.1, 0.15) is 43.0 Å². The number of halogens is 2. The molecule has 0 spiro atoms. The molecule has 1 aromatic carbocycles. The molecule has 1 aliphatic heterocycles. The van der Waals surface area contributed by atoms with Gasteiger partial charge in [0.15, 0.2) is 5.82 Å². The Morgan fingerprint density at radius 2 is 1.87 bits per heavy atom. The van der Waals surface area contributed by atoms with Crippen LogP contribution in [0.4, 0.5) is 32.2 Å². The fraction of sp³-hybridized carbons (Fsp3) is 0.350. The van der Waals surface area contributed by atoms with Gasteiger partial charge in [0.1, 0.15) is 23.3 Å². The summed E-state index contributed by atoms with van der Waals surface area (Å²) in [7, 11) is 0. The standard InChI is InChI=1S/C20H23F2N7O/c1-11(14-3-2-13(21)8-15(14)22)24-17-10-18(27-20(23)26-17)25-19-9-16(28-29-19)12-4-6-30-7-5-12/h2-3,8-12H,4-7H2,1H3,(H5,23,24,25,26,27,28,29). The first-order chi connectivity index (χ1) is 14.5. The molecule has 3 heterocycles. The fourth-order valence-corrected chi connectivity index (χ4v) is 3.51. The summed E-state index contributed by atoms with van der Waals surface area (Å²) >= 11 is 0. The molecule has 1 aliphatic rings. The summed E-state index contributed by atoms with van der Waals surface area (Å²) in [5, 5.41) is 13.5. The molecule has 1 atom stereocenters. The smallest absolute Gasteiger partial charge is 0.223 e. The molecule has 10 heteroatoms. The summed E-state index contributed by atoms with van der Waals surface area (Å²) in [6.45, 7) is 3.24. The third-order valence-electron chi connectivity index (χ3n) is 5.05. The predicted octanol–water partition coefficient (Wildman–Crippen LogP) is 3.87. The van der Waals surface area contributed by atoms with Crippen LogP contribution in [0, 0.1) is 11.6 Å². The highest BCUT2D eigenvalue weighted by Crippen LogP contribution is 2.28. The lowest BCUT2D eigenvalue weighted by molar-refractivity contribution is 0.0845. The van der Waals surface area contributed by atoms with Crippen molar-refractivity contribution in [2.24, 2.45) is 0 Å². The largest absolute Gasteiger partial charge is 0.381 e. The van der Waals surface area contributed by atoms with Crippen molar-refractivity contribution in [3.63, 3.8) is 0 Å². The molecule has 2 aromatic heterocycles. The molecule has 30 heavy (non-hydrogen) atoms. The van der Waals surface area contributed by atoms with E-state index in [0.717, 1.165) is 37.8 Å². The van der Waals surface area contributed by atoms with Gasteiger partial charge < -0.3 is 21.1 Å². The van der Waals surface area contributed by atoms with E-state index in [1.807, 2.05) is 6.07 Å². The molecule has 0 radical (unpaired) electrons. The molecule has 0 bridgehead atoms. The Hall–Kier alpha value is -3.27. The monoisotopic (exact) mass is 415 g/mol. The number of nitrogens with two attached hydrogens (primary N) is 1. The number of nitrogen functional groups attached to an aromatic ring is 1. The molecule has 1 saturated heterocycles. The van der Waals surface area contributed by atoms with Crippen molar-refractivity contribution in [2.45, 2.75) is 31.7 Å². The normalized spacial score (nSPS) is 15.7. The van der Waals surface area contributed by atoms with Crippen LogP contribution in [0.2, 0.25) is 0 Å². The number of benzene rings is 1. The maximum absolute atomic E-state index is 14.0. The molecular weight excluding hydrogens is 392 g/mol. The first-order valence-electron chi connectivity index (χ1n) is 9.74. The summed E-state index contributed by atoms with van der Waals surface area (Å²) in [4.78, 5) is 8.32. The maximum Gasteiger partial charge on any atom is 0.223 e. The van der Waals surface area contributed by atoms with Gasteiger partial charge in [-0.15, -0.1) is 0 Å². The van der Waals surface area contributed by atoms with Gasteiger partial charge in [-0.3, -0.25) is 5.10 Å². The Morgan fingerprint density at radius 3 is 2.63 bits per heavy atom. The molecule has 3 aromatic rings. The van der Waals surface area contributed by atoms with Gasteiger partial charge >= 0.3 is 0 Å². The van der Waals surface area contributed by atoms with E-state index in [0.29, 0.717) is 28.9 Å². The van der Waals surface area contributed by atoms with Crippen LogP contribution < -0.4 is 16.4 Å². The van der Waals surface area contributed by atoms with Gasteiger partial charge in [-0.2, -0.15) is 15.1 Å². The van der Waals surface area contributed by atoms with Crippen LogP contribution >= 0.6 is 0 Å². The van der Waals surface area contributed by atoms with Crippen molar-refractivity contribution >= 4 is 23.4 Å². The highest BCUT2D eigenvalue weighted by atomic mass is 19.1. The van der Waals surface area contributed by atoms with Crippen molar-refractivity contribution < 1.29 is 13.5 Å². The summed E-state index contributed by atoms with van der Waals surface area (Å²) in [5.74, 6) is 0.643. The van der Waals surface area contributed by atoms with E-state index in [2.05, 4.69) is 30.8 Å². The lowest BCUT2D eigenvalue weighted by Crippen LogP contribution is -2.14. The van der Waals surface area contributed by atoms with Crippen LogP contribution in [0.5, 0.6) is 0 Å². The molecule has 0 amide bonds. The molecule has 0 aliphatic carbocycles. The first-order valence-corrected chi connectivity index (χ1v) is 9.74. The van der Waals surface area contributed by atoms with Crippen molar-refractivity contribution in [1.29, 1.82) is 0 Å². The Bertz CT molecular complexity index is 1020. The molecule has 8 nitrogen and oxygen atoms in total. The van der Waals surface area contributed by atoms with Crippen LogP contribution in [0.25, 0.3) is 0 Å². The van der Waals surface area contributed by atoms with Gasteiger partial charge in [-0.25, -0.2) is 8.78 Å². The Kier molecular flexibility index (Phi) is 5.75. The van der Waals surface area contributed by atoms with Crippen LogP contribution in [0.3, 0.4) is 0 Å². The summed E-state index contributed by atoms with van der Waals surface area (Å²) in [6, 6.07) is 6.59. The van der Waals surface area contributed by atoms with Gasteiger partial charge in [-0.05, 0) is 25.8 Å². The lowest BCUT2D eigenvalue weighted by Gasteiger charge is -2.20.